The molecular weight excluding hydrogens is 496 g/mol. The molecule has 1 saturated heterocycles. The van der Waals surface area contributed by atoms with Crippen molar-refractivity contribution in [3.8, 4) is 22.6 Å². The number of ether oxygens (including phenoxy) is 1. The molecule has 4 aromatic carbocycles. The molecule has 9 nitrogen and oxygen atoms in total. The van der Waals surface area contributed by atoms with Crippen molar-refractivity contribution < 1.29 is 18.9 Å². The SMILES string of the molecule is O=C(Nc1ccc2oc(-c3ccc(-c4ccccc4)cc3)nc2c1)c1ccc(N2CCOCC2)c([N+](=O)[O-])c1. The molecule has 0 radical (unpaired) electrons. The van der Waals surface area contributed by atoms with Crippen LogP contribution in [-0.2, 0) is 4.74 Å². The molecule has 0 aliphatic carbocycles. The fourth-order valence-electron chi connectivity index (χ4n) is 4.65. The van der Waals surface area contributed by atoms with Gasteiger partial charge in [0.05, 0.1) is 18.1 Å². The van der Waals surface area contributed by atoms with E-state index in [4.69, 9.17) is 9.15 Å². The van der Waals surface area contributed by atoms with E-state index < -0.39 is 10.8 Å². The summed E-state index contributed by atoms with van der Waals surface area (Å²) in [7, 11) is 0. The predicted molar refractivity (Wildman–Crippen MR) is 149 cm³/mol. The van der Waals surface area contributed by atoms with Crippen LogP contribution < -0.4 is 10.2 Å². The van der Waals surface area contributed by atoms with E-state index >= 15 is 0 Å². The number of morpholine rings is 1. The molecule has 0 spiro atoms. The Morgan fingerprint density at radius 1 is 0.872 bits per heavy atom. The van der Waals surface area contributed by atoms with Gasteiger partial charge >= 0.3 is 0 Å². The van der Waals surface area contributed by atoms with Gasteiger partial charge in [-0.3, -0.25) is 14.9 Å². The quantitative estimate of drug-likeness (QED) is 0.211. The molecule has 1 N–H and O–H groups in total. The summed E-state index contributed by atoms with van der Waals surface area (Å²) >= 11 is 0. The molecule has 1 aliphatic rings. The van der Waals surface area contributed by atoms with Crippen molar-refractivity contribution in [1.82, 2.24) is 4.98 Å². The number of aromatic nitrogens is 1. The van der Waals surface area contributed by atoms with Gasteiger partial charge in [-0.05, 0) is 53.6 Å². The lowest BCUT2D eigenvalue weighted by Crippen LogP contribution is -2.36. The molecule has 194 valence electrons. The van der Waals surface area contributed by atoms with E-state index in [1.165, 1.54) is 6.07 Å². The van der Waals surface area contributed by atoms with Crippen molar-refractivity contribution in [3.63, 3.8) is 0 Å². The summed E-state index contributed by atoms with van der Waals surface area (Å²) in [5, 5.41) is 14.6. The highest BCUT2D eigenvalue weighted by Crippen LogP contribution is 2.31. The average Bonchev–Trinajstić information content (AvgIpc) is 3.41. The number of nitrogens with zero attached hydrogens (tertiary/aromatic N) is 3. The van der Waals surface area contributed by atoms with Crippen LogP contribution in [0.4, 0.5) is 17.1 Å². The Labute approximate surface area is 223 Å². The highest BCUT2D eigenvalue weighted by molar-refractivity contribution is 6.05. The number of nitro benzene ring substituents is 1. The predicted octanol–water partition coefficient (Wildman–Crippen LogP) is 6.16. The number of hydrogen-bond donors (Lipinski definition) is 1. The molecule has 1 aliphatic heterocycles. The summed E-state index contributed by atoms with van der Waals surface area (Å²) in [5.41, 5.74) is 5.30. The third-order valence-corrected chi connectivity index (χ3v) is 6.67. The number of rotatable bonds is 6. The average molecular weight is 521 g/mol. The first-order valence-electron chi connectivity index (χ1n) is 12.5. The number of amides is 1. The standard InChI is InChI=1S/C30H24N4O5/c35-29(23-10-12-26(27(18-23)34(36)37)33-14-16-38-17-15-33)31-24-11-13-28-25(19-24)32-30(39-28)22-8-6-21(7-9-22)20-4-2-1-3-5-20/h1-13,18-19H,14-17H2,(H,31,35). The fourth-order valence-corrected chi connectivity index (χ4v) is 4.65. The van der Waals surface area contributed by atoms with Gasteiger partial charge in [0.2, 0.25) is 5.89 Å². The Morgan fingerprint density at radius 2 is 1.59 bits per heavy atom. The van der Waals surface area contributed by atoms with Crippen molar-refractivity contribution in [2.75, 3.05) is 36.5 Å². The zero-order valence-electron chi connectivity index (χ0n) is 20.9. The number of nitro groups is 1. The number of fused-ring (bicyclic) bond motifs is 1. The molecule has 0 unspecified atom stereocenters. The Hall–Kier alpha value is -5.02. The smallest absolute Gasteiger partial charge is 0.293 e. The van der Waals surface area contributed by atoms with Crippen molar-refractivity contribution in [3.05, 3.63) is 107 Å². The molecular formula is C30H24N4O5. The molecule has 0 saturated carbocycles. The van der Waals surface area contributed by atoms with E-state index in [2.05, 4.69) is 22.4 Å². The first-order valence-corrected chi connectivity index (χ1v) is 12.5. The van der Waals surface area contributed by atoms with Crippen LogP contribution in [0.5, 0.6) is 0 Å². The maximum absolute atomic E-state index is 13.0. The summed E-state index contributed by atoms with van der Waals surface area (Å²) in [4.78, 5) is 30.8. The molecule has 5 aromatic rings. The lowest BCUT2D eigenvalue weighted by Gasteiger charge is -2.28. The van der Waals surface area contributed by atoms with Crippen LogP contribution in [0.1, 0.15) is 10.4 Å². The minimum absolute atomic E-state index is 0.112. The molecule has 9 heteroatoms. The van der Waals surface area contributed by atoms with E-state index in [-0.39, 0.29) is 11.3 Å². The lowest BCUT2D eigenvalue weighted by molar-refractivity contribution is -0.384. The summed E-state index contributed by atoms with van der Waals surface area (Å²) < 4.78 is 11.3. The number of carbonyl (C=O) groups is 1. The van der Waals surface area contributed by atoms with Gasteiger partial charge in [-0.25, -0.2) is 4.98 Å². The molecule has 0 atom stereocenters. The second-order valence-corrected chi connectivity index (χ2v) is 9.16. The molecule has 0 bridgehead atoms. The summed E-state index contributed by atoms with van der Waals surface area (Å²) in [6.45, 7) is 2.13. The third-order valence-electron chi connectivity index (χ3n) is 6.67. The van der Waals surface area contributed by atoms with Gasteiger partial charge in [0.25, 0.3) is 11.6 Å². The van der Waals surface area contributed by atoms with Crippen molar-refractivity contribution in [2.24, 2.45) is 0 Å². The Kier molecular flexibility index (Phi) is 6.48. The van der Waals surface area contributed by atoms with Crippen LogP contribution in [0.3, 0.4) is 0 Å². The first-order chi connectivity index (χ1) is 19.0. The van der Waals surface area contributed by atoms with Crippen LogP contribution in [0.15, 0.2) is 95.4 Å². The van der Waals surface area contributed by atoms with Gasteiger partial charge in [0.15, 0.2) is 5.58 Å². The van der Waals surface area contributed by atoms with Gasteiger partial charge in [-0.1, -0.05) is 42.5 Å². The van der Waals surface area contributed by atoms with Gasteiger partial charge in [0, 0.05) is 36.0 Å². The summed E-state index contributed by atoms with van der Waals surface area (Å²) in [6, 6.07) is 27.8. The van der Waals surface area contributed by atoms with E-state index in [0.29, 0.717) is 54.7 Å². The second-order valence-electron chi connectivity index (χ2n) is 9.16. The number of anilines is 2. The lowest BCUT2D eigenvalue weighted by atomic mass is 10.0. The minimum Gasteiger partial charge on any atom is -0.436 e. The number of hydrogen-bond acceptors (Lipinski definition) is 7. The van der Waals surface area contributed by atoms with E-state index in [0.717, 1.165) is 16.7 Å². The van der Waals surface area contributed by atoms with Crippen LogP contribution >= 0.6 is 0 Å². The summed E-state index contributed by atoms with van der Waals surface area (Å²) in [6.07, 6.45) is 0. The van der Waals surface area contributed by atoms with Crippen molar-refractivity contribution >= 4 is 34.1 Å². The van der Waals surface area contributed by atoms with E-state index in [1.54, 1.807) is 30.3 Å². The van der Waals surface area contributed by atoms with Gasteiger partial charge in [-0.2, -0.15) is 0 Å². The van der Waals surface area contributed by atoms with Crippen LogP contribution in [-0.4, -0.2) is 42.1 Å². The van der Waals surface area contributed by atoms with Gasteiger partial charge in [0.1, 0.15) is 11.2 Å². The molecule has 1 fully saturated rings. The van der Waals surface area contributed by atoms with Crippen LogP contribution in [0, 0.1) is 10.1 Å². The highest BCUT2D eigenvalue weighted by Gasteiger charge is 2.23. The van der Waals surface area contributed by atoms with Crippen molar-refractivity contribution in [2.45, 2.75) is 0 Å². The molecule has 1 aromatic heterocycles. The monoisotopic (exact) mass is 520 g/mol. The Morgan fingerprint density at radius 3 is 2.33 bits per heavy atom. The summed E-state index contributed by atoms with van der Waals surface area (Å²) in [5.74, 6) is 0.0219. The number of nitrogens with one attached hydrogen (secondary N) is 1. The number of carbonyl (C=O) groups excluding carboxylic acids is 1. The van der Waals surface area contributed by atoms with Crippen LogP contribution in [0.2, 0.25) is 0 Å². The Balaban J connectivity index is 1.21. The van der Waals surface area contributed by atoms with Gasteiger partial charge in [-0.15, -0.1) is 0 Å². The zero-order chi connectivity index (χ0) is 26.8. The normalized spacial score (nSPS) is 13.4. The van der Waals surface area contributed by atoms with E-state index in [9.17, 15) is 14.9 Å². The van der Waals surface area contributed by atoms with Crippen molar-refractivity contribution in [1.29, 1.82) is 0 Å². The maximum Gasteiger partial charge on any atom is 0.293 e. The molecule has 2 heterocycles. The first kappa shape index (κ1) is 24.3. The highest BCUT2D eigenvalue weighted by atomic mass is 16.6. The topological polar surface area (TPSA) is 111 Å². The largest absolute Gasteiger partial charge is 0.436 e. The zero-order valence-corrected chi connectivity index (χ0v) is 20.9. The minimum atomic E-state index is -0.461. The number of benzene rings is 4. The molecule has 1 amide bonds. The van der Waals surface area contributed by atoms with E-state index in [1.807, 2.05) is 47.4 Å². The maximum atomic E-state index is 13.0. The number of oxazole rings is 1. The van der Waals surface area contributed by atoms with Crippen LogP contribution in [0.25, 0.3) is 33.7 Å². The van der Waals surface area contributed by atoms with Gasteiger partial charge < -0.3 is 19.4 Å². The Bertz CT molecular complexity index is 1660. The molecule has 6 rings (SSSR count). The molecule has 39 heavy (non-hydrogen) atoms. The third kappa shape index (κ3) is 5.07. The second kappa shape index (κ2) is 10.4. The fraction of sp³-hybridized carbons (Fsp3) is 0.133.